The van der Waals surface area contributed by atoms with Gasteiger partial charge in [0.15, 0.2) is 0 Å². The summed E-state index contributed by atoms with van der Waals surface area (Å²) < 4.78 is 1.93. The quantitative estimate of drug-likeness (QED) is 0.864. The van der Waals surface area contributed by atoms with Gasteiger partial charge in [-0.2, -0.15) is 5.10 Å². The summed E-state index contributed by atoms with van der Waals surface area (Å²) in [5.41, 5.74) is 3.09. The van der Waals surface area contributed by atoms with Gasteiger partial charge in [0.2, 0.25) is 11.8 Å². The Morgan fingerprint density at radius 2 is 2.15 bits per heavy atom. The van der Waals surface area contributed by atoms with E-state index in [1.54, 1.807) is 4.90 Å². The van der Waals surface area contributed by atoms with Gasteiger partial charge in [-0.15, -0.1) is 0 Å². The molecule has 0 bridgehead atoms. The molecule has 1 aromatic heterocycles. The van der Waals surface area contributed by atoms with Crippen molar-refractivity contribution >= 4 is 11.8 Å². The molecule has 2 heterocycles. The van der Waals surface area contributed by atoms with Crippen molar-refractivity contribution in [3.8, 4) is 0 Å². The smallest absolute Gasteiger partial charge is 0.239 e. The average Bonchev–Trinajstić information content (AvgIpc) is 2.92. The first-order chi connectivity index (χ1) is 9.52. The maximum absolute atomic E-state index is 11.9. The molecule has 0 unspecified atom stereocenters. The van der Waals surface area contributed by atoms with Crippen molar-refractivity contribution in [3.63, 3.8) is 0 Å². The topological polar surface area (TPSA) is 67.2 Å². The SMILES string of the molecule is CCn1nc(C)c(CNC(=O)CN2CCCC2=O)c1C. The molecule has 20 heavy (non-hydrogen) atoms. The predicted molar refractivity (Wildman–Crippen MR) is 75.0 cm³/mol. The minimum atomic E-state index is -0.108. The molecule has 0 saturated carbocycles. The van der Waals surface area contributed by atoms with Crippen LogP contribution in [0.5, 0.6) is 0 Å². The summed E-state index contributed by atoms with van der Waals surface area (Å²) in [5, 5.41) is 7.30. The number of carbonyl (C=O) groups excluding carboxylic acids is 2. The van der Waals surface area contributed by atoms with Gasteiger partial charge < -0.3 is 10.2 Å². The van der Waals surface area contributed by atoms with Crippen molar-refractivity contribution in [2.24, 2.45) is 0 Å². The Labute approximate surface area is 119 Å². The maximum Gasteiger partial charge on any atom is 0.239 e. The Morgan fingerprint density at radius 1 is 1.40 bits per heavy atom. The fraction of sp³-hybridized carbons (Fsp3) is 0.643. The molecular weight excluding hydrogens is 256 g/mol. The molecule has 110 valence electrons. The van der Waals surface area contributed by atoms with Gasteiger partial charge in [-0.25, -0.2) is 0 Å². The lowest BCUT2D eigenvalue weighted by Gasteiger charge is -2.15. The molecule has 2 rings (SSSR count). The summed E-state index contributed by atoms with van der Waals surface area (Å²) in [4.78, 5) is 25.0. The summed E-state index contributed by atoms with van der Waals surface area (Å²) in [7, 11) is 0. The maximum atomic E-state index is 11.9. The molecule has 1 N–H and O–H groups in total. The number of aromatic nitrogens is 2. The van der Waals surface area contributed by atoms with E-state index < -0.39 is 0 Å². The van der Waals surface area contributed by atoms with E-state index in [1.807, 2.05) is 25.5 Å². The molecule has 6 heteroatoms. The van der Waals surface area contributed by atoms with E-state index in [0.29, 0.717) is 19.5 Å². The number of nitrogens with one attached hydrogen (secondary N) is 1. The van der Waals surface area contributed by atoms with Crippen molar-refractivity contribution in [1.29, 1.82) is 0 Å². The van der Waals surface area contributed by atoms with E-state index >= 15 is 0 Å². The molecule has 6 nitrogen and oxygen atoms in total. The first-order valence-corrected chi connectivity index (χ1v) is 7.10. The number of rotatable bonds is 5. The molecule has 1 fully saturated rings. The lowest BCUT2D eigenvalue weighted by atomic mass is 10.2. The fourth-order valence-electron chi connectivity index (χ4n) is 2.59. The monoisotopic (exact) mass is 278 g/mol. The molecule has 0 aliphatic carbocycles. The van der Waals surface area contributed by atoms with Crippen LogP contribution in [0.3, 0.4) is 0 Å². The Morgan fingerprint density at radius 3 is 2.70 bits per heavy atom. The number of amides is 2. The molecule has 0 aromatic carbocycles. The number of nitrogens with zero attached hydrogens (tertiary/aromatic N) is 3. The van der Waals surface area contributed by atoms with E-state index in [-0.39, 0.29) is 18.4 Å². The highest BCUT2D eigenvalue weighted by atomic mass is 16.2. The molecule has 2 amide bonds. The van der Waals surface area contributed by atoms with E-state index in [4.69, 9.17) is 0 Å². The van der Waals surface area contributed by atoms with Crippen LogP contribution in [0.25, 0.3) is 0 Å². The lowest BCUT2D eigenvalue weighted by Crippen LogP contribution is -2.37. The van der Waals surface area contributed by atoms with E-state index in [0.717, 1.165) is 29.9 Å². The van der Waals surface area contributed by atoms with Crippen LogP contribution in [-0.4, -0.2) is 39.6 Å². The number of likely N-dealkylation sites (tertiary alicyclic amines) is 1. The van der Waals surface area contributed by atoms with Crippen LogP contribution in [-0.2, 0) is 22.7 Å². The first-order valence-electron chi connectivity index (χ1n) is 7.10. The van der Waals surface area contributed by atoms with Crippen molar-refractivity contribution in [1.82, 2.24) is 20.0 Å². The Hall–Kier alpha value is -1.85. The average molecular weight is 278 g/mol. The molecule has 1 aromatic rings. The number of aryl methyl sites for hydroxylation is 2. The third-order valence-corrected chi connectivity index (χ3v) is 3.80. The number of hydrogen-bond acceptors (Lipinski definition) is 3. The second-order valence-corrected chi connectivity index (χ2v) is 5.16. The van der Waals surface area contributed by atoms with Crippen LogP contribution < -0.4 is 5.32 Å². The van der Waals surface area contributed by atoms with E-state index in [1.165, 1.54) is 0 Å². The molecular formula is C14H22N4O2. The molecule has 0 radical (unpaired) electrons. The zero-order valence-electron chi connectivity index (χ0n) is 12.4. The number of carbonyl (C=O) groups is 2. The van der Waals surface area contributed by atoms with Crippen molar-refractivity contribution in [3.05, 3.63) is 17.0 Å². The first kappa shape index (κ1) is 14.6. The second-order valence-electron chi connectivity index (χ2n) is 5.16. The number of hydrogen-bond donors (Lipinski definition) is 1. The van der Waals surface area contributed by atoms with E-state index in [9.17, 15) is 9.59 Å². The molecule has 0 spiro atoms. The van der Waals surface area contributed by atoms with Crippen LogP contribution in [0.4, 0.5) is 0 Å². The molecule has 1 saturated heterocycles. The van der Waals surface area contributed by atoms with Gasteiger partial charge >= 0.3 is 0 Å². The van der Waals surface area contributed by atoms with Gasteiger partial charge in [0.1, 0.15) is 0 Å². The lowest BCUT2D eigenvalue weighted by molar-refractivity contribution is -0.133. The van der Waals surface area contributed by atoms with Gasteiger partial charge in [0, 0.05) is 37.3 Å². The van der Waals surface area contributed by atoms with E-state index in [2.05, 4.69) is 10.4 Å². The van der Waals surface area contributed by atoms with Crippen molar-refractivity contribution < 1.29 is 9.59 Å². The van der Waals surface area contributed by atoms with Crippen LogP contribution in [0.1, 0.15) is 36.7 Å². The zero-order chi connectivity index (χ0) is 14.7. The third-order valence-electron chi connectivity index (χ3n) is 3.80. The highest BCUT2D eigenvalue weighted by Crippen LogP contribution is 2.13. The largest absolute Gasteiger partial charge is 0.350 e. The Bertz CT molecular complexity index is 521. The summed E-state index contributed by atoms with van der Waals surface area (Å²) in [6.45, 7) is 8.15. The molecule has 1 aliphatic rings. The summed E-state index contributed by atoms with van der Waals surface area (Å²) in [6.07, 6.45) is 1.42. The van der Waals surface area contributed by atoms with Gasteiger partial charge in [-0.05, 0) is 27.2 Å². The predicted octanol–water partition coefficient (Wildman–Crippen LogP) is 0.758. The van der Waals surface area contributed by atoms with Gasteiger partial charge in [0.25, 0.3) is 0 Å². The summed E-state index contributed by atoms with van der Waals surface area (Å²) in [5.74, 6) is -0.0328. The molecule has 1 aliphatic heterocycles. The highest BCUT2D eigenvalue weighted by molar-refractivity contribution is 5.85. The Balaban J connectivity index is 1.90. The Kier molecular flexibility index (Phi) is 4.42. The zero-order valence-corrected chi connectivity index (χ0v) is 12.4. The molecule has 0 atom stereocenters. The van der Waals surface area contributed by atoms with Crippen LogP contribution >= 0.6 is 0 Å². The second kappa shape index (κ2) is 6.07. The van der Waals surface area contributed by atoms with Crippen molar-refractivity contribution in [2.45, 2.75) is 46.7 Å². The van der Waals surface area contributed by atoms with Crippen LogP contribution in [0, 0.1) is 13.8 Å². The van der Waals surface area contributed by atoms with Gasteiger partial charge in [0.05, 0.1) is 12.2 Å². The fourth-order valence-corrected chi connectivity index (χ4v) is 2.59. The van der Waals surface area contributed by atoms with Crippen LogP contribution in [0.15, 0.2) is 0 Å². The van der Waals surface area contributed by atoms with Gasteiger partial charge in [-0.1, -0.05) is 0 Å². The third kappa shape index (κ3) is 3.00. The standard InChI is InChI=1S/C14H22N4O2/c1-4-18-11(3)12(10(2)16-18)8-15-13(19)9-17-7-5-6-14(17)20/h4-9H2,1-3H3,(H,15,19). The normalized spacial score (nSPS) is 14.9. The highest BCUT2D eigenvalue weighted by Gasteiger charge is 2.22. The minimum absolute atomic E-state index is 0.0753. The van der Waals surface area contributed by atoms with Crippen LogP contribution in [0.2, 0.25) is 0 Å². The van der Waals surface area contributed by atoms with Gasteiger partial charge in [-0.3, -0.25) is 14.3 Å². The minimum Gasteiger partial charge on any atom is -0.350 e. The summed E-state index contributed by atoms with van der Waals surface area (Å²) >= 11 is 0. The van der Waals surface area contributed by atoms with Crippen molar-refractivity contribution in [2.75, 3.05) is 13.1 Å². The summed E-state index contributed by atoms with van der Waals surface area (Å²) in [6, 6.07) is 0.